The van der Waals surface area contributed by atoms with Crippen LogP contribution in [0.5, 0.6) is 0 Å². The molecule has 0 radical (unpaired) electrons. The maximum Gasteiger partial charge on any atom is 0.136 e. The number of halogens is 1. The van der Waals surface area contributed by atoms with E-state index in [0.717, 1.165) is 13.2 Å². The minimum absolute atomic E-state index is 0. The van der Waals surface area contributed by atoms with Gasteiger partial charge in [-0.15, -0.1) is 0 Å². The fourth-order valence-electron chi connectivity index (χ4n) is 1.68. The highest BCUT2D eigenvalue weighted by Gasteiger charge is 2.25. The smallest absolute Gasteiger partial charge is 0.136 e. The largest absolute Gasteiger partial charge is 1.00 e. The van der Waals surface area contributed by atoms with Crippen molar-refractivity contribution < 1.29 is 21.6 Å². The average Bonchev–Trinajstić information content (AvgIpc) is 2.38. The van der Waals surface area contributed by atoms with Crippen molar-refractivity contribution in [3.63, 3.8) is 0 Å². The Morgan fingerprint density at radius 1 is 1.38 bits per heavy atom. The molecule has 0 unspecified atom stereocenters. The van der Waals surface area contributed by atoms with Crippen LogP contribution in [0.4, 0.5) is 0 Å². The lowest BCUT2D eigenvalue weighted by molar-refractivity contribution is -0.897. The minimum atomic E-state index is 0. The second-order valence-electron chi connectivity index (χ2n) is 3.53. The lowest BCUT2D eigenvalue weighted by Crippen LogP contribution is -3.00. The van der Waals surface area contributed by atoms with Gasteiger partial charge in [-0.1, -0.05) is 14.0 Å². The molecule has 0 bridgehead atoms. The first-order valence-electron chi connectivity index (χ1n) is 4.33. The number of likely N-dealkylation sites (tertiary alicyclic amines) is 1. The van der Waals surface area contributed by atoms with Crippen LogP contribution >= 0.6 is 0 Å². The number of likely N-dealkylation sites (N-methyl/N-ethyl adjacent to an activating group) is 1. The van der Waals surface area contributed by atoms with Gasteiger partial charge in [0.15, 0.2) is 0 Å². The number of rotatable bonds is 4. The summed E-state index contributed by atoms with van der Waals surface area (Å²) in [5.74, 6) is 0. The van der Waals surface area contributed by atoms with Gasteiger partial charge in [-0.3, -0.25) is 0 Å². The van der Waals surface area contributed by atoms with Crippen LogP contribution < -0.4 is 12.4 Å². The predicted molar refractivity (Wildman–Crippen MR) is 52.9 cm³/mol. The Morgan fingerprint density at radius 3 is 2.38 bits per heavy atom. The Kier molecular flexibility index (Phi) is 8.48. The van der Waals surface area contributed by atoms with Crippen molar-refractivity contribution in [2.45, 2.75) is 20.3 Å². The average molecular weight is 208 g/mol. The molecular formula is C10H22ClNO. The maximum absolute atomic E-state index is 5.11. The van der Waals surface area contributed by atoms with Crippen LogP contribution in [0.2, 0.25) is 0 Å². The molecule has 2 nitrogen and oxygen atoms in total. The van der Waals surface area contributed by atoms with Gasteiger partial charge in [0.2, 0.25) is 0 Å². The van der Waals surface area contributed by atoms with Gasteiger partial charge in [-0.25, -0.2) is 0 Å². The van der Waals surface area contributed by atoms with E-state index in [4.69, 9.17) is 4.74 Å². The summed E-state index contributed by atoms with van der Waals surface area (Å²) in [7, 11) is 2.31. The van der Waals surface area contributed by atoms with Crippen molar-refractivity contribution in [1.82, 2.24) is 0 Å². The lowest BCUT2D eigenvalue weighted by Gasteiger charge is -2.28. The van der Waals surface area contributed by atoms with Gasteiger partial charge in [0.1, 0.15) is 13.2 Å². The van der Waals surface area contributed by atoms with Crippen LogP contribution in [0, 0.1) is 0 Å². The van der Waals surface area contributed by atoms with Crippen LogP contribution in [-0.2, 0) is 4.74 Å². The highest BCUT2D eigenvalue weighted by atomic mass is 35.5. The van der Waals surface area contributed by atoms with Crippen LogP contribution in [0.1, 0.15) is 20.3 Å². The van der Waals surface area contributed by atoms with E-state index in [-0.39, 0.29) is 19.8 Å². The summed E-state index contributed by atoms with van der Waals surface area (Å²) >= 11 is 0. The Morgan fingerprint density at radius 2 is 1.92 bits per heavy atom. The number of hydrogen-bond acceptors (Lipinski definition) is 1. The Balaban J connectivity index is 0. The van der Waals surface area contributed by atoms with E-state index in [2.05, 4.69) is 13.6 Å². The molecule has 0 spiro atoms. The molecular weight excluding hydrogens is 186 g/mol. The van der Waals surface area contributed by atoms with Gasteiger partial charge in [0.05, 0.1) is 26.4 Å². The summed E-state index contributed by atoms with van der Waals surface area (Å²) in [6, 6.07) is 0. The standard InChI is InChI=1S/C9H18NO.CH4.ClH/c1-3-11-9-8-10(2)6-4-5-7-10;;/h3H,1,4-9H2,2H3;1H4;1H/q+1;;/p-1. The minimum Gasteiger partial charge on any atom is -1.00 e. The summed E-state index contributed by atoms with van der Waals surface area (Å²) in [6.45, 7) is 8.11. The van der Waals surface area contributed by atoms with Gasteiger partial charge >= 0.3 is 0 Å². The normalized spacial score (nSPS) is 18.2. The Hall–Kier alpha value is -0.210. The highest BCUT2D eigenvalue weighted by Crippen LogP contribution is 2.15. The molecule has 1 saturated heterocycles. The molecule has 0 saturated carbocycles. The highest BCUT2D eigenvalue weighted by molar-refractivity contribution is 4.53. The molecule has 3 heteroatoms. The van der Waals surface area contributed by atoms with Crippen molar-refractivity contribution in [2.75, 3.05) is 33.3 Å². The van der Waals surface area contributed by atoms with E-state index in [1.54, 1.807) is 0 Å². The third kappa shape index (κ3) is 5.17. The zero-order valence-corrected chi connectivity index (χ0v) is 8.52. The molecule has 13 heavy (non-hydrogen) atoms. The van der Waals surface area contributed by atoms with Crippen LogP contribution in [-0.4, -0.2) is 37.8 Å². The number of quaternary nitrogens is 1. The second-order valence-corrected chi connectivity index (χ2v) is 3.53. The van der Waals surface area contributed by atoms with Gasteiger partial charge in [0, 0.05) is 12.8 Å². The molecule has 0 aromatic rings. The van der Waals surface area contributed by atoms with Gasteiger partial charge in [-0.05, 0) is 0 Å². The first kappa shape index (κ1) is 15.3. The monoisotopic (exact) mass is 207 g/mol. The molecule has 0 N–H and O–H groups in total. The second kappa shape index (κ2) is 7.22. The molecule has 0 aromatic heterocycles. The molecule has 0 amide bonds. The van der Waals surface area contributed by atoms with E-state index >= 15 is 0 Å². The zero-order valence-electron chi connectivity index (χ0n) is 7.76. The molecule has 1 rings (SSSR count). The van der Waals surface area contributed by atoms with Crippen molar-refractivity contribution in [3.8, 4) is 0 Å². The molecule has 1 fully saturated rings. The molecule has 1 aliphatic heterocycles. The molecule has 0 aliphatic carbocycles. The van der Waals surface area contributed by atoms with Crippen LogP contribution in [0.25, 0.3) is 0 Å². The van der Waals surface area contributed by atoms with Gasteiger partial charge in [-0.2, -0.15) is 0 Å². The first-order chi connectivity index (χ1) is 5.27. The van der Waals surface area contributed by atoms with E-state index < -0.39 is 0 Å². The number of ether oxygens (including phenoxy) is 1. The Labute approximate surface area is 88.6 Å². The van der Waals surface area contributed by atoms with E-state index in [0.29, 0.717) is 0 Å². The first-order valence-corrected chi connectivity index (χ1v) is 4.33. The summed E-state index contributed by atoms with van der Waals surface area (Å²) < 4.78 is 6.30. The number of hydrogen-bond donors (Lipinski definition) is 0. The molecule has 0 atom stereocenters. The van der Waals surface area contributed by atoms with Crippen molar-refractivity contribution >= 4 is 0 Å². The fourth-order valence-corrected chi connectivity index (χ4v) is 1.68. The predicted octanol–water partition coefficient (Wildman–Crippen LogP) is -0.973. The van der Waals surface area contributed by atoms with Crippen molar-refractivity contribution in [2.24, 2.45) is 0 Å². The fraction of sp³-hybridized carbons (Fsp3) is 0.800. The summed E-state index contributed by atoms with van der Waals surface area (Å²) in [5.41, 5.74) is 0. The third-order valence-corrected chi connectivity index (χ3v) is 2.51. The summed E-state index contributed by atoms with van der Waals surface area (Å²) in [4.78, 5) is 0. The maximum atomic E-state index is 5.11. The molecule has 1 aliphatic rings. The molecule has 1 heterocycles. The summed E-state index contributed by atoms with van der Waals surface area (Å²) in [6.07, 6.45) is 4.29. The van der Waals surface area contributed by atoms with Crippen LogP contribution in [0.15, 0.2) is 12.8 Å². The van der Waals surface area contributed by atoms with E-state index in [1.807, 2.05) is 0 Å². The summed E-state index contributed by atoms with van der Waals surface area (Å²) in [5, 5.41) is 0. The van der Waals surface area contributed by atoms with E-state index in [1.165, 1.54) is 36.7 Å². The third-order valence-electron chi connectivity index (χ3n) is 2.51. The van der Waals surface area contributed by atoms with E-state index in [9.17, 15) is 0 Å². The van der Waals surface area contributed by atoms with Gasteiger partial charge < -0.3 is 21.6 Å². The SMILES string of the molecule is C.C=COCC[N+]1(C)CCCC1.[Cl-]. The van der Waals surface area contributed by atoms with Gasteiger partial charge in [0.25, 0.3) is 0 Å². The van der Waals surface area contributed by atoms with Crippen molar-refractivity contribution in [3.05, 3.63) is 12.8 Å². The van der Waals surface area contributed by atoms with Crippen molar-refractivity contribution in [1.29, 1.82) is 0 Å². The number of nitrogens with zero attached hydrogens (tertiary/aromatic N) is 1. The topological polar surface area (TPSA) is 9.23 Å². The van der Waals surface area contributed by atoms with Crippen LogP contribution in [0.3, 0.4) is 0 Å². The molecule has 80 valence electrons. The quantitative estimate of drug-likeness (QED) is 0.328. The molecule has 0 aromatic carbocycles. The Bertz CT molecular complexity index is 133. The zero-order chi connectivity index (χ0) is 8.16. The lowest BCUT2D eigenvalue weighted by atomic mass is 10.4.